The lowest BCUT2D eigenvalue weighted by Gasteiger charge is -2.39. The molecule has 1 N–H and O–H groups in total. The van der Waals surface area contributed by atoms with E-state index in [9.17, 15) is 4.79 Å². The molecule has 6 heteroatoms. The Balaban J connectivity index is 1.82. The molecule has 1 aromatic heterocycles. The summed E-state index contributed by atoms with van der Waals surface area (Å²) < 4.78 is 0. The van der Waals surface area contributed by atoms with Gasteiger partial charge in [0.25, 0.3) is 5.91 Å². The zero-order valence-corrected chi connectivity index (χ0v) is 15.0. The van der Waals surface area contributed by atoms with Crippen molar-refractivity contribution in [2.24, 2.45) is 16.7 Å². The van der Waals surface area contributed by atoms with Gasteiger partial charge in [0.2, 0.25) is 0 Å². The molecule has 2 fully saturated rings. The average Bonchev–Trinajstić information content (AvgIpc) is 2.81. The standard InChI is InChI=1S/C16H22ClN3OS/c1-15(2)9-5-6-16(15,3)11(7-9)19-13(21)12-10(17)8-18-14(20-12)22-4/h8-9,11H,5-7H2,1-4H3,(H,19,21)/t9-,11+,16-/m1/s1. The number of carbonyl (C=O) groups is 1. The minimum absolute atomic E-state index is 0.148. The summed E-state index contributed by atoms with van der Waals surface area (Å²) in [6.07, 6.45) is 6.86. The molecular weight excluding hydrogens is 318 g/mol. The molecule has 0 aromatic carbocycles. The number of amides is 1. The highest BCUT2D eigenvalue weighted by Gasteiger charge is 2.61. The molecule has 1 aromatic rings. The lowest BCUT2D eigenvalue weighted by atomic mass is 9.69. The summed E-state index contributed by atoms with van der Waals surface area (Å²) in [5.74, 6) is 0.503. The summed E-state index contributed by atoms with van der Waals surface area (Å²) in [6, 6.07) is 0.192. The molecule has 2 aliphatic rings. The number of hydrogen-bond acceptors (Lipinski definition) is 4. The van der Waals surface area contributed by atoms with E-state index in [1.807, 2.05) is 6.26 Å². The molecule has 22 heavy (non-hydrogen) atoms. The third-order valence-electron chi connectivity index (χ3n) is 6.22. The van der Waals surface area contributed by atoms with Crippen LogP contribution in [0, 0.1) is 16.7 Å². The summed E-state index contributed by atoms with van der Waals surface area (Å²) in [5.41, 5.74) is 0.699. The first-order valence-corrected chi connectivity index (χ1v) is 9.27. The number of nitrogens with zero attached hydrogens (tertiary/aromatic N) is 2. The van der Waals surface area contributed by atoms with Crippen LogP contribution in [-0.2, 0) is 0 Å². The quantitative estimate of drug-likeness (QED) is 0.672. The Labute approximate surface area is 140 Å². The van der Waals surface area contributed by atoms with Crippen LogP contribution in [0.1, 0.15) is 50.5 Å². The predicted molar refractivity (Wildman–Crippen MR) is 89.3 cm³/mol. The van der Waals surface area contributed by atoms with Crippen LogP contribution in [0.15, 0.2) is 11.4 Å². The molecular formula is C16H22ClN3OS. The molecule has 2 bridgehead atoms. The normalized spacial score (nSPS) is 32.2. The third kappa shape index (κ3) is 2.24. The Morgan fingerprint density at radius 2 is 2.18 bits per heavy atom. The van der Waals surface area contributed by atoms with E-state index in [0.717, 1.165) is 6.42 Å². The molecule has 1 amide bonds. The smallest absolute Gasteiger partial charge is 0.271 e. The van der Waals surface area contributed by atoms with Gasteiger partial charge in [-0.2, -0.15) is 0 Å². The van der Waals surface area contributed by atoms with E-state index in [1.165, 1.54) is 30.8 Å². The lowest BCUT2D eigenvalue weighted by molar-refractivity contribution is 0.0821. The molecule has 1 heterocycles. The van der Waals surface area contributed by atoms with Crippen molar-refractivity contribution >= 4 is 29.3 Å². The SMILES string of the molecule is CSc1ncc(Cl)c(C(=O)N[C@H]2C[C@H]3CC[C@@]2(C)C3(C)C)n1. The highest BCUT2D eigenvalue weighted by atomic mass is 35.5. The summed E-state index contributed by atoms with van der Waals surface area (Å²) in [7, 11) is 0. The maximum atomic E-state index is 12.6. The van der Waals surface area contributed by atoms with Gasteiger partial charge in [-0.1, -0.05) is 44.1 Å². The first-order chi connectivity index (χ1) is 10.3. The van der Waals surface area contributed by atoms with Gasteiger partial charge in [0.1, 0.15) is 0 Å². The molecule has 3 atom stereocenters. The van der Waals surface area contributed by atoms with Gasteiger partial charge < -0.3 is 5.32 Å². The highest BCUT2D eigenvalue weighted by molar-refractivity contribution is 7.98. The Morgan fingerprint density at radius 3 is 2.73 bits per heavy atom. The fraction of sp³-hybridized carbons (Fsp3) is 0.688. The number of fused-ring (bicyclic) bond motifs is 2. The van der Waals surface area contributed by atoms with Gasteiger partial charge in [0.05, 0.1) is 11.2 Å². The van der Waals surface area contributed by atoms with Gasteiger partial charge >= 0.3 is 0 Å². The van der Waals surface area contributed by atoms with E-state index in [4.69, 9.17) is 11.6 Å². The topological polar surface area (TPSA) is 54.9 Å². The van der Waals surface area contributed by atoms with Crippen LogP contribution in [0.2, 0.25) is 5.02 Å². The Hall–Kier alpha value is -0.810. The number of thioether (sulfide) groups is 1. The average molecular weight is 340 g/mol. The summed E-state index contributed by atoms with van der Waals surface area (Å²) in [6.45, 7) is 6.97. The van der Waals surface area contributed by atoms with Crippen LogP contribution in [0.3, 0.4) is 0 Å². The maximum Gasteiger partial charge on any atom is 0.271 e. The number of rotatable bonds is 3. The van der Waals surface area contributed by atoms with Crippen molar-refractivity contribution in [3.8, 4) is 0 Å². The minimum atomic E-state index is -0.183. The highest BCUT2D eigenvalue weighted by Crippen LogP contribution is 2.65. The molecule has 2 aliphatic carbocycles. The van der Waals surface area contributed by atoms with Crippen molar-refractivity contribution < 1.29 is 4.79 Å². The first-order valence-electron chi connectivity index (χ1n) is 7.67. The maximum absolute atomic E-state index is 12.6. The van der Waals surface area contributed by atoms with E-state index in [-0.39, 0.29) is 28.5 Å². The molecule has 3 rings (SSSR count). The van der Waals surface area contributed by atoms with Gasteiger partial charge in [-0.25, -0.2) is 9.97 Å². The summed E-state index contributed by atoms with van der Waals surface area (Å²) in [5, 5.41) is 4.06. The van der Waals surface area contributed by atoms with Crippen molar-refractivity contribution in [1.82, 2.24) is 15.3 Å². The van der Waals surface area contributed by atoms with Crippen LogP contribution in [0.25, 0.3) is 0 Å². The van der Waals surface area contributed by atoms with E-state index in [1.54, 1.807) is 0 Å². The molecule has 120 valence electrons. The van der Waals surface area contributed by atoms with Gasteiger partial charge in [0.15, 0.2) is 10.9 Å². The predicted octanol–water partition coefficient (Wildman–Crippen LogP) is 3.80. The largest absolute Gasteiger partial charge is 0.347 e. The Bertz CT molecular complexity index is 621. The number of aromatic nitrogens is 2. The Morgan fingerprint density at radius 1 is 1.45 bits per heavy atom. The van der Waals surface area contributed by atoms with Crippen molar-refractivity contribution in [3.05, 3.63) is 16.9 Å². The zero-order valence-electron chi connectivity index (χ0n) is 13.4. The van der Waals surface area contributed by atoms with Crippen molar-refractivity contribution in [2.75, 3.05) is 6.26 Å². The minimum Gasteiger partial charge on any atom is -0.347 e. The van der Waals surface area contributed by atoms with E-state index in [2.05, 4.69) is 36.1 Å². The summed E-state index contributed by atoms with van der Waals surface area (Å²) in [4.78, 5) is 21.0. The Kier molecular flexibility index (Phi) is 3.92. The number of hydrogen-bond donors (Lipinski definition) is 1. The monoisotopic (exact) mass is 339 g/mol. The number of carbonyl (C=O) groups excluding carboxylic acids is 1. The van der Waals surface area contributed by atoms with Gasteiger partial charge in [-0.05, 0) is 42.3 Å². The molecule has 0 saturated heterocycles. The van der Waals surface area contributed by atoms with Crippen LogP contribution in [-0.4, -0.2) is 28.2 Å². The van der Waals surface area contributed by atoms with Crippen LogP contribution in [0.4, 0.5) is 0 Å². The second-order valence-electron chi connectivity index (χ2n) is 7.19. The molecule has 0 spiro atoms. The molecule has 0 unspecified atom stereocenters. The molecule has 0 radical (unpaired) electrons. The van der Waals surface area contributed by atoms with E-state index < -0.39 is 0 Å². The van der Waals surface area contributed by atoms with Crippen LogP contribution < -0.4 is 5.32 Å². The third-order valence-corrected chi connectivity index (χ3v) is 7.06. The molecule has 2 saturated carbocycles. The summed E-state index contributed by atoms with van der Waals surface area (Å²) >= 11 is 7.51. The van der Waals surface area contributed by atoms with E-state index in [0.29, 0.717) is 16.1 Å². The molecule has 0 aliphatic heterocycles. The molecule has 4 nitrogen and oxygen atoms in total. The van der Waals surface area contributed by atoms with Crippen LogP contribution >= 0.6 is 23.4 Å². The fourth-order valence-corrected chi connectivity index (χ4v) is 4.77. The van der Waals surface area contributed by atoms with Gasteiger partial charge in [0, 0.05) is 6.04 Å². The lowest BCUT2D eigenvalue weighted by Crippen LogP contribution is -2.47. The van der Waals surface area contributed by atoms with Crippen molar-refractivity contribution in [2.45, 2.75) is 51.2 Å². The number of nitrogens with one attached hydrogen (secondary N) is 1. The fourth-order valence-electron chi connectivity index (χ4n) is 4.26. The van der Waals surface area contributed by atoms with Gasteiger partial charge in [-0.3, -0.25) is 4.79 Å². The first kappa shape index (κ1) is 16.1. The van der Waals surface area contributed by atoms with Crippen molar-refractivity contribution in [1.29, 1.82) is 0 Å². The number of halogens is 1. The van der Waals surface area contributed by atoms with E-state index >= 15 is 0 Å². The van der Waals surface area contributed by atoms with Gasteiger partial charge in [-0.15, -0.1) is 0 Å². The second kappa shape index (κ2) is 5.38. The van der Waals surface area contributed by atoms with Crippen molar-refractivity contribution in [3.63, 3.8) is 0 Å². The van der Waals surface area contributed by atoms with Crippen LogP contribution in [0.5, 0.6) is 0 Å². The second-order valence-corrected chi connectivity index (χ2v) is 8.37. The zero-order chi connectivity index (χ0) is 16.1.